The molecule has 35 heavy (non-hydrogen) atoms. The van der Waals surface area contributed by atoms with Crippen molar-refractivity contribution in [3.63, 3.8) is 0 Å². The molecule has 0 aliphatic heterocycles. The molecule has 0 amide bonds. The molecule has 0 unspecified atom stereocenters. The fourth-order valence-corrected chi connectivity index (χ4v) is 4.91. The van der Waals surface area contributed by atoms with Gasteiger partial charge in [-0.05, 0) is 87.7 Å². The third kappa shape index (κ3) is 5.87. The standard InChI is InChI=1S/C25H19Br4N3O3/c1-3-34-21-10-16(22(28)23(29)24(21)35-13-15-4-6-17(26)7-5-15)12-30-32-14(2)31-20-9-8-18(27)11-19(20)25(32)33/h4-12H,3,13H2,1-2H3. The lowest BCUT2D eigenvalue weighted by atomic mass is 10.2. The van der Waals surface area contributed by atoms with Crippen molar-refractivity contribution in [3.05, 3.63) is 93.7 Å². The van der Waals surface area contributed by atoms with Gasteiger partial charge in [0.05, 0.1) is 28.2 Å². The molecule has 4 rings (SSSR count). The van der Waals surface area contributed by atoms with Crippen molar-refractivity contribution in [2.24, 2.45) is 5.10 Å². The third-order valence-electron chi connectivity index (χ3n) is 5.03. The number of hydrogen-bond donors (Lipinski definition) is 0. The molecule has 0 saturated carbocycles. The van der Waals surface area contributed by atoms with Crippen LogP contribution in [-0.2, 0) is 6.61 Å². The van der Waals surface area contributed by atoms with Crippen LogP contribution in [0.25, 0.3) is 10.9 Å². The first-order valence-corrected chi connectivity index (χ1v) is 13.7. The summed E-state index contributed by atoms with van der Waals surface area (Å²) in [4.78, 5) is 17.6. The minimum absolute atomic E-state index is 0.250. The number of rotatable bonds is 7. The van der Waals surface area contributed by atoms with Crippen molar-refractivity contribution in [2.75, 3.05) is 6.61 Å². The SMILES string of the molecule is CCOc1cc(C=Nn2c(C)nc3ccc(Br)cc3c2=O)c(Br)c(Br)c1OCc1ccc(Br)cc1. The molecular formula is C25H19Br4N3O3. The summed E-state index contributed by atoms with van der Waals surface area (Å²) in [7, 11) is 0. The zero-order chi connectivity index (χ0) is 25.1. The van der Waals surface area contributed by atoms with E-state index in [0.29, 0.717) is 51.5 Å². The van der Waals surface area contributed by atoms with E-state index in [4.69, 9.17) is 9.47 Å². The van der Waals surface area contributed by atoms with Crippen molar-refractivity contribution in [2.45, 2.75) is 20.5 Å². The van der Waals surface area contributed by atoms with E-state index >= 15 is 0 Å². The van der Waals surface area contributed by atoms with Crippen LogP contribution >= 0.6 is 63.7 Å². The van der Waals surface area contributed by atoms with Crippen LogP contribution in [0.2, 0.25) is 0 Å². The number of ether oxygens (including phenoxy) is 2. The Morgan fingerprint density at radius 1 is 0.971 bits per heavy atom. The zero-order valence-electron chi connectivity index (χ0n) is 18.7. The number of fused-ring (bicyclic) bond motifs is 1. The van der Waals surface area contributed by atoms with Crippen LogP contribution < -0.4 is 15.0 Å². The summed E-state index contributed by atoms with van der Waals surface area (Å²) in [5.41, 5.74) is 2.10. The molecule has 1 aromatic heterocycles. The average molecular weight is 729 g/mol. The predicted molar refractivity (Wildman–Crippen MR) is 153 cm³/mol. The molecule has 0 saturated heterocycles. The quantitative estimate of drug-likeness (QED) is 0.184. The normalized spacial score (nSPS) is 11.4. The number of nitrogens with zero attached hydrogens (tertiary/aromatic N) is 3. The Bertz CT molecular complexity index is 1480. The lowest BCUT2D eigenvalue weighted by Crippen LogP contribution is -2.20. The molecule has 3 aromatic carbocycles. The van der Waals surface area contributed by atoms with Crippen LogP contribution in [0.1, 0.15) is 23.9 Å². The van der Waals surface area contributed by atoms with Crippen molar-refractivity contribution in [3.8, 4) is 11.5 Å². The number of halogens is 4. The van der Waals surface area contributed by atoms with E-state index in [1.54, 1.807) is 25.3 Å². The van der Waals surface area contributed by atoms with E-state index in [0.717, 1.165) is 19.0 Å². The van der Waals surface area contributed by atoms with E-state index < -0.39 is 0 Å². The molecule has 180 valence electrons. The molecule has 0 fully saturated rings. The molecule has 0 N–H and O–H groups in total. The lowest BCUT2D eigenvalue weighted by Gasteiger charge is -2.16. The molecule has 0 bridgehead atoms. The molecule has 0 aliphatic rings. The second-order valence-corrected chi connectivity index (χ2v) is 10.9. The second kappa shape index (κ2) is 11.4. The summed E-state index contributed by atoms with van der Waals surface area (Å²) < 4.78 is 16.5. The Kier molecular flexibility index (Phi) is 8.46. The van der Waals surface area contributed by atoms with Crippen LogP contribution in [0.3, 0.4) is 0 Å². The van der Waals surface area contributed by atoms with Gasteiger partial charge in [0.15, 0.2) is 11.5 Å². The van der Waals surface area contributed by atoms with Crippen molar-refractivity contribution < 1.29 is 9.47 Å². The van der Waals surface area contributed by atoms with Gasteiger partial charge in [0.25, 0.3) is 5.56 Å². The summed E-state index contributed by atoms with van der Waals surface area (Å²) >= 11 is 14.1. The third-order valence-corrected chi connectivity index (χ3v) is 8.20. The Hall–Kier alpha value is -2.01. The molecule has 0 aliphatic carbocycles. The molecule has 6 nitrogen and oxygen atoms in total. The largest absolute Gasteiger partial charge is 0.490 e. The summed E-state index contributed by atoms with van der Waals surface area (Å²) in [5.74, 6) is 1.62. The van der Waals surface area contributed by atoms with E-state index in [-0.39, 0.29) is 5.56 Å². The van der Waals surface area contributed by atoms with Crippen molar-refractivity contribution in [1.29, 1.82) is 0 Å². The number of aryl methyl sites for hydroxylation is 1. The lowest BCUT2D eigenvalue weighted by molar-refractivity contribution is 0.267. The van der Waals surface area contributed by atoms with Crippen LogP contribution in [0.4, 0.5) is 0 Å². The van der Waals surface area contributed by atoms with Gasteiger partial charge in [-0.25, -0.2) is 4.98 Å². The maximum atomic E-state index is 13.1. The van der Waals surface area contributed by atoms with Crippen LogP contribution in [-0.4, -0.2) is 22.5 Å². The second-order valence-electron chi connectivity index (χ2n) is 7.45. The minimum atomic E-state index is -0.250. The summed E-state index contributed by atoms with van der Waals surface area (Å²) in [6.45, 7) is 4.49. The summed E-state index contributed by atoms with van der Waals surface area (Å²) in [6.07, 6.45) is 1.59. The molecule has 0 atom stereocenters. The zero-order valence-corrected chi connectivity index (χ0v) is 25.0. The monoisotopic (exact) mass is 725 g/mol. The van der Waals surface area contributed by atoms with Crippen LogP contribution in [0.5, 0.6) is 11.5 Å². The van der Waals surface area contributed by atoms with Crippen LogP contribution in [0.15, 0.2) is 76.3 Å². The highest BCUT2D eigenvalue weighted by molar-refractivity contribution is 9.13. The highest BCUT2D eigenvalue weighted by Crippen LogP contribution is 2.43. The van der Waals surface area contributed by atoms with Crippen molar-refractivity contribution >= 4 is 80.8 Å². The molecule has 10 heteroatoms. The topological polar surface area (TPSA) is 65.7 Å². The minimum Gasteiger partial charge on any atom is -0.490 e. The fourth-order valence-electron chi connectivity index (χ4n) is 3.35. The van der Waals surface area contributed by atoms with Gasteiger partial charge >= 0.3 is 0 Å². The Labute approximate surface area is 235 Å². The van der Waals surface area contributed by atoms with E-state index in [2.05, 4.69) is 73.8 Å². The molecule has 0 spiro atoms. The van der Waals surface area contributed by atoms with Gasteiger partial charge in [0.2, 0.25) is 0 Å². The first kappa shape index (κ1) is 26.1. The van der Waals surface area contributed by atoms with Crippen molar-refractivity contribution in [1.82, 2.24) is 9.66 Å². The fraction of sp³-hybridized carbons (Fsp3) is 0.160. The van der Waals surface area contributed by atoms with E-state index in [1.807, 2.05) is 43.3 Å². The Balaban J connectivity index is 1.70. The number of hydrogen-bond acceptors (Lipinski definition) is 5. The summed E-state index contributed by atoms with van der Waals surface area (Å²) in [6, 6.07) is 15.1. The van der Waals surface area contributed by atoms with Gasteiger partial charge in [0.1, 0.15) is 12.4 Å². The molecule has 4 aromatic rings. The first-order valence-electron chi connectivity index (χ1n) is 10.5. The predicted octanol–water partition coefficient (Wildman–Crippen LogP) is 7.61. The van der Waals surface area contributed by atoms with Gasteiger partial charge in [-0.1, -0.05) is 44.0 Å². The Morgan fingerprint density at radius 3 is 2.40 bits per heavy atom. The van der Waals surface area contributed by atoms with E-state index in [9.17, 15) is 4.79 Å². The summed E-state index contributed by atoms with van der Waals surface area (Å²) in [5, 5.41) is 4.92. The van der Waals surface area contributed by atoms with Crippen LogP contribution in [0, 0.1) is 6.92 Å². The van der Waals surface area contributed by atoms with Gasteiger partial charge in [-0.2, -0.15) is 9.78 Å². The average Bonchev–Trinajstić information content (AvgIpc) is 2.83. The highest BCUT2D eigenvalue weighted by Gasteiger charge is 2.17. The smallest absolute Gasteiger partial charge is 0.282 e. The Morgan fingerprint density at radius 2 is 1.69 bits per heavy atom. The highest BCUT2D eigenvalue weighted by atomic mass is 79.9. The maximum absolute atomic E-state index is 13.1. The van der Waals surface area contributed by atoms with E-state index in [1.165, 1.54) is 4.68 Å². The molecule has 1 heterocycles. The van der Waals surface area contributed by atoms with Gasteiger partial charge in [-0.15, -0.1) is 0 Å². The van der Waals surface area contributed by atoms with Gasteiger partial charge < -0.3 is 9.47 Å². The number of benzene rings is 3. The molecule has 0 radical (unpaired) electrons. The van der Waals surface area contributed by atoms with Gasteiger partial charge in [0, 0.05) is 19.0 Å². The molecular weight excluding hydrogens is 710 g/mol. The first-order chi connectivity index (χ1) is 16.8. The maximum Gasteiger partial charge on any atom is 0.282 e. The van der Waals surface area contributed by atoms with Gasteiger partial charge in [-0.3, -0.25) is 4.79 Å². The number of aromatic nitrogens is 2.